The van der Waals surface area contributed by atoms with E-state index >= 15 is 0 Å². The van der Waals surface area contributed by atoms with E-state index in [4.69, 9.17) is 15.2 Å². The fraction of sp³-hybridized carbons (Fsp3) is 0.457. The number of anilines is 1. The van der Waals surface area contributed by atoms with Crippen LogP contribution >= 0.6 is 0 Å². The Bertz CT molecular complexity index is 1390. The number of primary amides is 1. The van der Waals surface area contributed by atoms with E-state index in [2.05, 4.69) is 15.6 Å². The molecule has 1 fully saturated rings. The Hall–Kier alpha value is -3.96. The van der Waals surface area contributed by atoms with Crippen molar-refractivity contribution in [2.75, 3.05) is 18.5 Å². The molecule has 1 saturated heterocycles. The summed E-state index contributed by atoms with van der Waals surface area (Å²) in [5.74, 6) is -1.92. The summed E-state index contributed by atoms with van der Waals surface area (Å²) < 4.78 is 53.6. The quantitative estimate of drug-likeness (QED) is 0.186. The first-order valence-corrected chi connectivity index (χ1v) is 15.7. The van der Waals surface area contributed by atoms with Gasteiger partial charge in [0.25, 0.3) is 0 Å². The Morgan fingerprint density at radius 2 is 1.63 bits per heavy atom. The van der Waals surface area contributed by atoms with Crippen LogP contribution in [-0.2, 0) is 20.7 Å². The van der Waals surface area contributed by atoms with Gasteiger partial charge in [0, 0.05) is 30.5 Å². The first kappa shape index (κ1) is 34.9. The van der Waals surface area contributed by atoms with Crippen LogP contribution in [0.4, 0.5) is 23.7 Å². The van der Waals surface area contributed by atoms with Gasteiger partial charge in [0.05, 0.1) is 30.8 Å². The molecule has 11 heteroatoms. The first-order chi connectivity index (χ1) is 22.0. The Balaban J connectivity index is 1.32. The van der Waals surface area contributed by atoms with Gasteiger partial charge in [0.1, 0.15) is 23.6 Å². The van der Waals surface area contributed by atoms with E-state index in [1.807, 2.05) is 20.8 Å². The Labute approximate surface area is 268 Å². The fourth-order valence-corrected chi connectivity index (χ4v) is 6.04. The van der Waals surface area contributed by atoms with Crippen LogP contribution in [-0.4, -0.2) is 48.4 Å². The fourth-order valence-electron chi connectivity index (χ4n) is 6.04. The monoisotopic (exact) mass is 640 g/mol. The molecule has 0 aliphatic carbocycles. The molecule has 8 nitrogen and oxygen atoms in total. The number of morpholine rings is 1. The maximum absolute atomic E-state index is 15.0. The number of aromatic nitrogens is 1. The first-order valence-electron chi connectivity index (χ1n) is 15.7. The molecule has 0 radical (unpaired) electrons. The summed E-state index contributed by atoms with van der Waals surface area (Å²) >= 11 is 0. The molecule has 0 bridgehead atoms. The molecule has 2 aromatic carbocycles. The minimum absolute atomic E-state index is 0.0323. The maximum atomic E-state index is 15.0. The van der Waals surface area contributed by atoms with Crippen LogP contribution in [0.15, 0.2) is 60.9 Å². The standard InChI is InChI=1S/C35H43F3N4O4/c1-21(2)34(46-35(39)44)22(3)4-13-27-20-45-28(17-41-27)14-15-29-31(38)18-40-19-32(29)42-33(43)16-30(23-5-9-25(36)10-6-23)24-7-11-26(37)12-8-24/h5-12,18-19,21-22,27-28,30,34,41H,4,13-17,20H2,1-3H3,(H2,39,44)(H,42,43)/t22?,27-,28+,34?/m0/s1. The van der Waals surface area contributed by atoms with E-state index < -0.39 is 29.5 Å². The SMILES string of the molecule is CC(C)C(OC(N)=O)C(C)CC[C@H]1CO[C@H](CCc2c(F)cncc2NC(=O)CC(c2ccc(F)cc2)c2ccc(F)cc2)CN1. The summed E-state index contributed by atoms with van der Waals surface area (Å²) in [6.07, 6.45) is 3.85. The second kappa shape index (κ2) is 16.6. The van der Waals surface area contributed by atoms with Crippen molar-refractivity contribution in [3.8, 4) is 0 Å². The number of nitrogens with two attached hydrogens (primary N) is 1. The summed E-state index contributed by atoms with van der Waals surface area (Å²) in [6, 6.07) is 11.8. The number of amides is 2. The third-order valence-electron chi connectivity index (χ3n) is 8.54. The van der Waals surface area contributed by atoms with Gasteiger partial charge in [-0.2, -0.15) is 0 Å². The van der Waals surface area contributed by atoms with Gasteiger partial charge in [-0.1, -0.05) is 45.0 Å². The molecule has 2 heterocycles. The number of rotatable bonds is 14. The zero-order valence-electron chi connectivity index (χ0n) is 26.5. The van der Waals surface area contributed by atoms with Crippen LogP contribution in [0.25, 0.3) is 0 Å². The normalized spacial score (nSPS) is 17.9. The lowest BCUT2D eigenvalue weighted by atomic mass is 9.88. The molecule has 0 spiro atoms. The van der Waals surface area contributed by atoms with Crippen LogP contribution < -0.4 is 16.4 Å². The lowest BCUT2D eigenvalue weighted by Crippen LogP contribution is -2.46. The van der Waals surface area contributed by atoms with Crippen molar-refractivity contribution < 1.29 is 32.2 Å². The molecule has 1 aliphatic rings. The van der Waals surface area contributed by atoms with E-state index in [1.165, 1.54) is 30.5 Å². The number of carbonyl (C=O) groups excluding carboxylic acids is 2. The van der Waals surface area contributed by atoms with Crippen LogP contribution in [0.3, 0.4) is 0 Å². The van der Waals surface area contributed by atoms with Crippen LogP contribution in [0, 0.1) is 29.3 Å². The highest BCUT2D eigenvalue weighted by molar-refractivity contribution is 5.92. The molecule has 46 heavy (non-hydrogen) atoms. The Morgan fingerprint density at radius 1 is 1.00 bits per heavy atom. The van der Waals surface area contributed by atoms with Gasteiger partial charge in [-0.25, -0.2) is 18.0 Å². The number of hydrogen-bond donors (Lipinski definition) is 3. The Kier molecular flexibility index (Phi) is 12.6. The summed E-state index contributed by atoms with van der Waals surface area (Å²) in [6.45, 7) is 7.13. The number of nitrogens with zero attached hydrogens (tertiary/aromatic N) is 1. The molecule has 2 amide bonds. The lowest BCUT2D eigenvalue weighted by Gasteiger charge is -2.32. The second-order valence-electron chi connectivity index (χ2n) is 12.4. The number of hydrogen-bond acceptors (Lipinski definition) is 6. The van der Waals surface area contributed by atoms with Crippen molar-refractivity contribution >= 4 is 17.7 Å². The van der Waals surface area contributed by atoms with Crippen molar-refractivity contribution in [2.24, 2.45) is 17.6 Å². The number of nitrogens with one attached hydrogen (secondary N) is 2. The van der Waals surface area contributed by atoms with E-state index in [-0.39, 0.29) is 48.1 Å². The molecule has 1 aliphatic heterocycles. The summed E-state index contributed by atoms with van der Waals surface area (Å²) in [5, 5.41) is 6.32. The smallest absolute Gasteiger partial charge is 0.404 e. The average Bonchev–Trinajstić information content (AvgIpc) is 3.02. The summed E-state index contributed by atoms with van der Waals surface area (Å²) in [4.78, 5) is 28.5. The third kappa shape index (κ3) is 10.0. The largest absolute Gasteiger partial charge is 0.446 e. The van der Waals surface area contributed by atoms with E-state index in [9.17, 15) is 22.8 Å². The number of ether oxygens (including phenoxy) is 2. The van der Waals surface area contributed by atoms with Gasteiger partial charge in [-0.3, -0.25) is 9.78 Å². The summed E-state index contributed by atoms with van der Waals surface area (Å²) in [7, 11) is 0. The highest BCUT2D eigenvalue weighted by atomic mass is 19.1. The zero-order valence-corrected chi connectivity index (χ0v) is 26.5. The molecule has 3 aromatic rings. The number of halogens is 3. The van der Waals surface area contributed by atoms with E-state index in [0.29, 0.717) is 42.7 Å². The van der Waals surface area contributed by atoms with Crippen molar-refractivity contribution in [3.05, 3.63) is 95.1 Å². The van der Waals surface area contributed by atoms with Gasteiger partial charge >= 0.3 is 6.09 Å². The molecule has 248 valence electrons. The number of carbonyl (C=O) groups is 2. The molecule has 4 atom stereocenters. The molecular formula is C35H43F3N4O4. The third-order valence-corrected chi connectivity index (χ3v) is 8.54. The predicted molar refractivity (Wildman–Crippen MR) is 170 cm³/mol. The molecule has 4 rings (SSSR count). The van der Waals surface area contributed by atoms with Crippen molar-refractivity contribution in [3.63, 3.8) is 0 Å². The van der Waals surface area contributed by atoms with Gasteiger partial charge in [-0.15, -0.1) is 0 Å². The molecule has 2 unspecified atom stereocenters. The summed E-state index contributed by atoms with van der Waals surface area (Å²) in [5.41, 5.74) is 7.23. The molecule has 0 saturated carbocycles. The molecule has 4 N–H and O–H groups in total. The van der Waals surface area contributed by atoms with Crippen LogP contribution in [0.5, 0.6) is 0 Å². The molecular weight excluding hydrogens is 597 g/mol. The lowest BCUT2D eigenvalue weighted by molar-refractivity contribution is -0.116. The average molecular weight is 641 g/mol. The van der Waals surface area contributed by atoms with Gasteiger partial charge in [0.15, 0.2) is 0 Å². The number of benzene rings is 2. The highest BCUT2D eigenvalue weighted by Crippen LogP contribution is 2.30. The molecule has 1 aromatic heterocycles. The van der Waals surface area contributed by atoms with E-state index in [0.717, 1.165) is 19.0 Å². The predicted octanol–water partition coefficient (Wildman–Crippen LogP) is 6.49. The topological polar surface area (TPSA) is 116 Å². The Morgan fingerprint density at radius 3 is 2.17 bits per heavy atom. The van der Waals surface area contributed by atoms with Gasteiger partial charge in [0.2, 0.25) is 5.91 Å². The van der Waals surface area contributed by atoms with Crippen molar-refractivity contribution in [1.29, 1.82) is 0 Å². The van der Waals surface area contributed by atoms with Gasteiger partial charge in [-0.05, 0) is 72.9 Å². The number of pyridine rings is 1. The zero-order chi connectivity index (χ0) is 33.2. The van der Waals surface area contributed by atoms with E-state index in [1.54, 1.807) is 24.3 Å². The maximum Gasteiger partial charge on any atom is 0.404 e. The van der Waals surface area contributed by atoms with Crippen LogP contribution in [0.1, 0.15) is 69.1 Å². The highest BCUT2D eigenvalue weighted by Gasteiger charge is 2.27. The minimum atomic E-state index is -0.764. The van der Waals surface area contributed by atoms with Gasteiger partial charge < -0.3 is 25.8 Å². The van der Waals surface area contributed by atoms with Crippen molar-refractivity contribution in [2.45, 2.75) is 77.0 Å². The van der Waals surface area contributed by atoms with Crippen LogP contribution in [0.2, 0.25) is 0 Å². The minimum Gasteiger partial charge on any atom is -0.446 e. The van der Waals surface area contributed by atoms with Crippen molar-refractivity contribution in [1.82, 2.24) is 10.3 Å². The second-order valence-corrected chi connectivity index (χ2v) is 12.4.